The second-order valence-electron chi connectivity index (χ2n) is 9.27. The number of nitrogens with two attached hydrogens (primary N) is 1. The smallest absolute Gasteiger partial charge is 0.246 e. The summed E-state index contributed by atoms with van der Waals surface area (Å²) in [5.74, 6) is 6.90. The maximum atomic E-state index is 13.3. The van der Waals surface area contributed by atoms with Gasteiger partial charge in [-0.3, -0.25) is 9.59 Å². The van der Waals surface area contributed by atoms with Crippen LogP contribution < -0.4 is 20.6 Å². The van der Waals surface area contributed by atoms with E-state index < -0.39 is 6.04 Å². The molecule has 1 saturated carbocycles. The number of amides is 2. The first-order valence-electron chi connectivity index (χ1n) is 12.5. The van der Waals surface area contributed by atoms with E-state index in [4.69, 9.17) is 15.3 Å². The first-order chi connectivity index (χ1) is 16.7. The average molecular weight is 491 g/mol. The summed E-state index contributed by atoms with van der Waals surface area (Å²) >= 11 is 0. The molecule has 0 radical (unpaired) electrons. The average Bonchev–Trinajstić information content (AvgIpc) is 2.84. The van der Waals surface area contributed by atoms with Crippen LogP contribution in [0.25, 0.3) is 0 Å². The molecular weight excluding hydrogens is 448 g/mol. The third-order valence-electron chi connectivity index (χ3n) is 6.27. The number of ether oxygens (including phenoxy) is 2. The number of hydrogen-bond acceptors (Lipinski definition) is 7. The van der Waals surface area contributed by atoms with Gasteiger partial charge < -0.3 is 19.7 Å². The molecule has 2 amide bonds. The number of carbonyl (C=O) groups is 2. The van der Waals surface area contributed by atoms with E-state index >= 15 is 0 Å². The Hall–Kier alpha value is -2.88. The highest BCUT2D eigenvalue weighted by atomic mass is 16.5. The summed E-state index contributed by atoms with van der Waals surface area (Å²) in [7, 11) is 3.17. The standard InChI is InChI=1S/C25H42N6O4/c1-7-21(19-13-14-22(34-5)23(15-19)35-6)28-29-30(26)16-24(32)31(20-11-9-8-10-12-20)18(4)25(33)27-17(2)3/h13-15,17-18,20-21H,7-12,16,26H2,1-6H3,(H,27,33). The fourth-order valence-electron chi connectivity index (χ4n) is 4.45. The number of nitrogens with zero attached hydrogens (tertiary/aromatic N) is 4. The van der Waals surface area contributed by atoms with E-state index in [0.29, 0.717) is 17.9 Å². The summed E-state index contributed by atoms with van der Waals surface area (Å²) < 4.78 is 10.7. The molecule has 3 N–H and O–H groups in total. The van der Waals surface area contributed by atoms with E-state index in [1.54, 1.807) is 26.0 Å². The highest BCUT2D eigenvalue weighted by Gasteiger charge is 2.33. The van der Waals surface area contributed by atoms with Crippen LogP contribution in [0.3, 0.4) is 0 Å². The predicted octanol–water partition coefficient (Wildman–Crippen LogP) is 3.77. The second-order valence-corrected chi connectivity index (χ2v) is 9.27. The van der Waals surface area contributed by atoms with Crippen LogP contribution in [0.2, 0.25) is 0 Å². The molecular formula is C25H42N6O4. The Labute approximate surface area is 209 Å². The minimum absolute atomic E-state index is 0.00405. The van der Waals surface area contributed by atoms with Gasteiger partial charge in [-0.1, -0.05) is 37.5 Å². The molecule has 0 spiro atoms. The van der Waals surface area contributed by atoms with Crippen molar-refractivity contribution in [3.05, 3.63) is 23.8 Å². The van der Waals surface area contributed by atoms with Gasteiger partial charge in [-0.2, -0.15) is 5.11 Å². The molecule has 1 aromatic rings. The van der Waals surface area contributed by atoms with Gasteiger partial charge in [0.25, 0.3) is 0 Å². The van der Waals surface area contributed by atoms with Crippen molar-refractivity contribution in [2.45, 2.75) is 90.4 Å². The van der Waals surface area contributed by atoms with Gasteiger partial charge in [-0.15, -0.1) is 0 Å². The lowest BCUT2D eigenvalue weighted by Gasteiger charge is -2.38. The summed E-state index contributed by atoms with van der Waals surface area (Å²) in [6.07, 6.45) is 5.69. The SMILES string of the molecule is CCC(N=NN(N)CC(=O)N(C1CCCCC1)C(C)C(=O)NC(C)C)c1ccc(OC)c(OC)c1. The molecule has 0 saturated heterocycles. The Kier molecular flexibility index (Phi) is 11.2. The Morgan fingerprint density at radius 2 is 1.77 bits per heavy atom. The topological polar surface area (TPSA) is 122 Å². The largest absolute Gasteiger partial charge is 0.493 e. The molecule has 10 heteroatoms. The van der Waals surface area contributed by atoms with Crippen molar-refractivity contribution in [2.24, 2.45) is 16.2 Å². The van der Waals surface area contributed by atoms with E-state index in [0.717, 1.165) is 42.8 Å². The zero-order chi connectivity index (χ0) is 26.0. The molecule has 1 aliphatic carbocycles. The minimum atomic E-state index is -0.589. The lowest BCUT2D eigenvalue weighted by Crippen LogP contribution is -2.56. The van der Waals surface area contributed by atoms with E-state index in [1.165, 1.54) is 0 Å². The van der Waals surface area contributed by atoms with Crippen LogP contribution in [-0.4, -0.2) is 60.7 Å². The van der Waals surface area contributed by atoms with E-state index in [-0.39, 0.29) is 36.5 Å². The minimum Gasteiger partial charge on any atom is -0.493 e. The molecule has 1 fully saturated rings. The third kappa shape index (κ3) is 8.09. The maximum Gasteiger partial charge on any atom is 0.246 e. The first-order valence-corrected chi connectivity index (χ1v) is 12.5. The Balaban J connectivity index is 2.13. The van der Waals surface area contributed by atoms with Crippen LogP contribution in [0, 0.1) is 0 Å². The van der Waals surface area contributed by atoms with Crippen LogP contribution >= 0.6 is 0 Å². The van der Waals surface area contributed by atoms with E-state index in [2.05, 4.69) is 15.7 Å². The van der Waals surface area contributed by atoms with Gasteiger partial charge in [0.05, 0.1) is 20.3 Å². The van der Waals surface area contributed by atoms with Crippen molar-refractivity contribution >= 4 is 11.8 Å². The summed E-state index contributed by atoms with van der Waals surface area (Å²) in [5.41, 5.74) is 0.899. The molecule has 0 aliphatic heterocycles. The summed E-state index contributed by atoms with van der Waals surface area (Å²) in [6.45, 7) is 7.41. The van der Waals surface area contributed by atoms with Gasteiger partial charge in [-0.25, -0.2) is 11.0 Å². The Bertz CT molecular complexity index is 856. The zero-order valence-corrected chi connectivity index (χ0v) is 22.0. The summed E-state index contributed by atoms with van der Waals surface area (Å²) in [6, 6.07) is 4.75. The molecule has 2 unspecified atom stereocenters. The fourth-order valence-corrected chi connectivity index (χ4v) is 4.45. The van der Waals surface area contributed by atoms with Gasteiger partial charge in [0.2, 0.25) is 11.8 Å². The fraction of sp³-hybridized carbons (Fsp3) is 0.680. The number of hydrazine groups is 1. The molecule has 10 nitrogen and oxygen atoms in total. The number of carbonyl (C=O) groups excluding carboxylic acids is 2. The molecule has 1 aromatic carbocycles. The van der Waals surface area contributed by atoms with Crippen molar-refractivity contribution < 1.29 is 19.1 Å². The number of methoxy groups -OCH3 is 2. The normalized spacial score (nSPS) is 16.1. The van der Waals surface area contributed by atoms with Gasteiger partial charge in [0.1, 0.15) is 12.6 Å². The van der Waals surface area contributed by atoms with E-state index in [9.17, 15) is 9.59 Å². The number of hydrogen-bond donors (Lipinski definition) is 2. The van der Waals surface area contributed by atoms with Crippen molar-refractivity contribution in [3.8, 4) is 11.5 Å². The van der Waals surface area contributed by atoms with Crippen LogP contribution in [0.4, 0.5) is 0 Å². The molecule has 0 heterocycles. The Morgan fingerprint density at radius 1 is 1.11 bits per heavy atom. The van der Waals surface area contributed by atoms with Crippen molar-refractivity contribution in [1.29, 1.82) is 0 Å². The highest BCUT2D eigenvalue weighted by molar-refractivity contribution is 5.88. The zero-order valence-electron chi connectivity index (χ0n) is 22.0. The van der Waals surface area contributed by atoms with Crippen molar-refractivity contribution in [3.63, 3.8) is 0 Å². The number of nitrogens with one attached hydrogen (secondary N) is 1. The van der Waals surface area contributed by atoms with Gasteiger partial charge >= 0.3 is 0 Å². The summed E-state index contributed by atoms with van der Waals surface area (Å²) in [5, 5.41) is 12.4. The third-order valence-corrected chi connectivity index (χ3v) is 6.27. The van der Waals surface area contributed by atoms with Crippen LogP contribution in [0.5, 0.6) is 11.5 Å². The quantitative estimate of drug-likeness (QED) is 0.261. The van der Waals surface area contributed by atoms with Crippen molar-refractivity contribution in [1.82, 2.24) is 15.3 Å². The molecule has 1 aliphatic rings. The molecule has 0 aromatic heterocycles. The molecule has 35 heavy (non-hydrogen) atoms. The second kappa shape index (κ2) is 13.9. The molecule has 2 rings (SSSR count). The lowest BCUT2D eigenvalue weighted by atomic mass is 9.93. The number of rotatable bonds is 12. The van der Waals surface area contributed by atoms with Crippen LogP contribution in [0.15, 0.2) is 28.5 Å². The van der Waals surface area contributed by atoms with Gasteiger partial charge in [0.15, 0.2) is 11.5 Å². The molecule has 0 bridgehead atoms. The highest BCUT2D eigenvalue weighted by Crippen LogP contribution is 2.32. The number of benzene rings is 1. The van der Waals surface area contributed by atoms with Crippen LogP contribution in [-0.2, 0) is 9.59 Å². The van der Waals surface area contributed by atoms with Crippen molar-refractivity contribution in [2.75, 3.05) is 20.8 Å². The maximum absolute atomic E-state index is 13.3. The lowest BCUT2D eigenvalue weighted by molar-refractivity contribution is -0.144. The Morgan fingerprint density at radius 3 is 2.34 bits per heavy atom. The first kappa shape index (κ1) is 28.4. The summed E-state index contributed by atoms with van der Waals surface area (Å²) in [4.78, 5) is 27.7. The molecule has 2 atom stereocenters. The predicted molar refractivity (Wildman–Crippen MR) is 135 cm³/mol. The van der Waals surface area contributed by atoms with Gasteiger partial charge in [0, 0.05) is 12.1 Å². The van der Waals surface area contributed by atoms with Gasteiger partial charge in [-0.05, 0) is 57.7 Å². The monoisotopic (exact) mass is 490 g/mol. The van der Waals surface area contributed by atoms with E-state index in [1.807, 2.05) is 39.0 Å². The van der Waals surface area contributed by atoms with Crippen LogP contribution in [0.1, 0.15) is 77.8 Å². The molecule has 196 valence electrons.